The molecule has 0 saturated carbocycles. The summed E-state index contributed by atoms with van der Waals surface area (Å²) in [6.45, 7) is 11.2. The molecule has 0 fully saturated rings. The van der Waals surface area contributed by atoms with Gasteiger partial charge in [-0.15, -0.1) is 0 Å². The molecule has 2 aromatic carbocycles. The highest BCUT2D eigenvalue weighted by Crippen LogP contribution is 2.31. The van der Waals surface area contributed by atoms with Crippen molar-refractivity contribution in [2.45, 2.75) is 46.1 Å². The Bertz CT molecular complexity index is 773. The maximum Gasteiger partial charge on any atom is 0.0960 e. The molecular weight excluding hydrogens is 244 g/mol. The summed E-state index contributed by atoms with van der Waals surface area (Å²) in [5.41, 5.74) is 3.88. The number of benzene rings is 2. The SMILES string of the molecule is CC(C)n1cnc2ccc3cc(C(C)(C)C)ccc3c21. The molecule has 0 aliphatic heterocycles. The predicted octanol–water partition coefficient (Wildman–Crippen LogP) is 5.07. The quantitative estimate of drug-likeness (QED) is 0.601. The van der Waals surface area contributed by atoms with Gasteiger partial charge in [-0.2, -0.15) is 0 Å². The molecule has 0 spiro atoms. The van der Waals surface area contributed by atoms with Crippen LogP contribution in [0, 0.1) is 0 Å². The first-order valence-corrected chi connectivity index (χ1v) is 7.28. The fourth-order valence-electron chi connectivity index (χ4n) is 2.72. The van der Waals surface area contributed by atoms with E-state index in [1.165, 1.54) is 21.9 Å². The molecule has 2 heteroatoms. The maximum atomic E-state index is 4.52. The van der Waals surface area contributed by atoms with Gasteiger partial charge < -0.3 is 4.57 Å². The van der Waals surface area contributed by atoms with Gasteiger partial charge in [0.1, 0.15) is 0 Å². The number of nitrogens with zero attached hydrogens (tertiary/aromatic N) is 2. The third-order valence-electron chi connectivity index (χ3n) is 3.97. The first kappa shape index (κ1) is 13.2. The number of hydrogen-bond acceptors (Lipinski definition) is 1. The van der Waals surface area contributed by atoms with E-state index in [0.29, 0.717) is 6.04 Å². The summed E-state index contributed by atoms with van der Waals surface area (Å²) in [7, 11) is 0. The minimum absolute atomic E-state index is 0.182. The van der Waals surface area contributed by atoms with Crippen LogP contribution in [0.25, 0.3) is 21.8 Å². The van der Waals surface area contributed by atoms with E-state index >= 15 is 0 Å². The van der Waals surface area contributed by atoms with E-state index in [1.54, 1.807) is 0 Å². The molecule has 3 rings (SSSR count). The lowest BCUT2D eigenvalue weighted by atomic mass is 9.86. The van der Waals surface area contributed by atoms with Crippen LogP contribution in [-0.2, 0) is 5.41 Å². The summed E-state index contributed by atoms with van der Waals surface area (Å²) < 4.78 is 2.26. The summed E-state index contributed by atoms with van der Waals surface area (Å²) in [6.07, 6.45) is 1.95. The van der Waals surface area contributed by atoms with Crippen molar-refractivity contribution >= 4 is 21.8 Å². The van der Waals surface area contributed by atoms with Crippen molar-refractivity contribution < 1.29 is 0 Å². The van der Waals surface area contributed by atoms with E-state index in [1.807, 2.05) is 6.33 Å². The monoisotopic (exact) mass is 266 g/mol. The first-order chi connectivity index (χ1) is 9.38. The van der Waals surface area contributed by atoms with E-state index in [2.05, 4.69) is 74.5 Å². The van der Waals surface area contributed by atoms with Crippen molar-refractivity contribution in [2.24, 2.45) is 0 Å². The average Bonchev–Trinajstić information content (AvgIpc) is 2.81. The molecule has 0 aliphatic rings. The smallest absolute Gasteiger partial charge is 0.0960 e. The Balaban J connectivity index is 2.34. The standard InChI is InChI=1S/C18H22N2/c1-12(2)20-11-19-16-9-6-13-10-14(18(3,4)5)7-8-15(13)17(16)20/h6-12H,1-5H3. The third kappa shape index (κ3) is 2.00. The Labute approximate surface area is 120 Å². The molecule has 1 aromatic heterocycles. The number of imidazole rings is 1. The Morgan fingerprint density at radius 1 is 1.05 bits per heavy atom. The summed E-state index contributed by atoms with van der Waals surface area (Å²) in [4.78, 5) is 4.52. The topological polar surface area (TPSA) is 17.8 Å². The molecule has 0 unspecified atom stereocenters. The largest absolute Gasteiger partial charge is 0.328 e. The van der Waals surface area contributed by atoms with E-state index in [-0.39, 0.29) is 5.41 Å². The molecule has 2 nitrogen and oxygen atoms in total. The summed E-state index contributed by atoms with van der Waals surface area (Å²) in [5, 5.41) is 2.59. The molecule has 0 aliphatic carbocycles. The molecule has 0 amide bonds. The molecule has 0 radical (unpaired) electrons. The van der Waals surface area contributed by atoms with Gasteiger partial charge in [0.25, 0.3) is 0 Å². The van der Waals surface area contributed by atoms with Crippen molar-refractivity contribution in [3.8, 4) is 0 Å². The third-order valence-corrected chi connectivity index (χ3v) is 3.97. The van der Waals surface area contributed by atoms with Crippen molar-refractivity contribution in [1.29, 1.82) is 0 Å². The molecule has 0 bridgehead atoms. The van der Waals surface area contributed by atoms with Gasteiger partial charge in [0.05, 0.1) is 17.4 Å². The molecular formula is C18H22N2. The van der Waals surface area contributed by atoms with Crippen LogP contribution in [0.1, 0.15) is 46.2 Å². The van der Waals surface area contributed by atoms with Gasteiger partial charge in [0.2, 0.25) is 0 Å². The number of aromatic nitrogens is 2. The van der Waals surface area contributed by atoms with Gasteiger partial charge in [0, 0.05) is 11.4 Å². The molecule has 1 heterocycles. The van der Waals surface area contributed by atoms with Crippen molar-refractivity contribution in [3.63, 3.8) is 0 Å². The summed E-state index contributed by atoms with van der Waals surface area (Å²) in [6, 6.07) is 11.5. The normalized spacial score (nSPS) is 12.7. The Morgan fingerprint density at radius 3 is 2.45 bits per heavy atom. The van der Waals surface area contributed by atoms with Gasteiger partial charge in [-0.1, -0.05) is 45.0 Å². The molecule has 3 aromatic rings. The minimum atomic E-state index is 0.182. The van der Waals surface area contributed by atoms with Gasteiger partial charge >= 0.3 is 0 Å². The van der Waals surface area contributed by atoms with E-state index in [0.717, 1.165) is 5.52 Å². The van der Waals surface area contributed by atoms with Crippen LogP contribution in [0.4, 0.5) is 0 Å². The molecule has 0 atom stereocenters. The van der Waals surface area contributed by atoms with Crippen LogP contribution in [0.15, 0.2) is 36.7 Å². The van der Waals surface area contributed by atoms with Gasteiger partial charge in [-0.05, 0) is 36.3 Å². The number of fused-ring (bicyclic) bond motifs is 3. The van der Waals surface area contributed by atoms with Crippen LogP contribution in [-0.4, -0.2) is 9.55 Å². The zero-order valence-electron chi connectivity index (χ0n) is 12.9. The highest BCUT2D eigenvalue weighted by atomic mass is 15.1. The lowest BCUT2D eigenvalue weighted by Crippen LogP contribution is -2.10. The summed E-state index contributed by atoms with van der Waals surface area (Å²) >= 11 is 0. The second-order valence-corrected chi connectivity index (χ2v) is 6.86. The average molecular weight is 266 g/mol. The van der Waals surface area contributed by atoms with Crippen molar-refractivity contribution in [1.82, 2.24) is 9.55 Å². The Morgan fingerprint density at radius 2 is 1.80 bits per heavy atom. The van der Waals surface area contributed by atoms with Crippen LogP contribution in [0.3, 0.4) is 0 Å². The van der Waals surface area contributed by atoms with Crippen LogP contribution in [0.5, 0.6) is 0 Å². The van der Waals surface area contributed by atoms with E-state index in [9.17, 15) is 0 Å². The van der Waals surface area contributed by atoms with Crippen molar-refractivity contribution in [2.75, 3.05) is 0 Å². The predicted molar refractivity (Wildman–Crippen MR) is 86.3 cm³/mol. The highest BCUT2D eigenvalue weighted by molar-refractivity contribution is 6.04. The van der Waals surface area contributed by atoms with Gasteiger partial charge in [-0.25, -0.2) is 4.98 Å². The lowest BCUT2D eigenvalue weighted by Gasteiger charge is -2.20. The minimum Gasteiger partial charge on any atom is -0.328 e. The Kier molecular flexibility index (Phi) is 2.86. The zero-order valence-corrected chi connectivity index (χ0v) is 12.9. The van der Waals surface area contributed by atoms with Crippen molar-refractivity contribution in [3.05, 3.63) is 42.2 Å². The number of rotatable bonds is 1. The first-order valence-electron chi connectivity index (χ1n) is 7.28. The maximum absolute atomic E-state index is 4.52. The van der Waals surface area contributed by atoms with Crippen LogP contribution >= 0.6 is 0 Å². The van der Waals surface area contributed by atoms with Gasteiger partial charge in [0.15, 0.2) is 0 Å². The fourth-order valence-corrected chi connectivity index (χ4v) is 2.72. The molecule has 20 heavy (non-hydrogen) atoms. The molecule has 104 valence electrons. The Hall–Kier alpha value is -1.83. The fraction of sp³-hybridized carbons (Fsp3) is 0.389. The molecule has 0 N–H and O–H groups in total. The highest BCUT2D eigenvalue weighted by Gasteiger charge is 2.15. The van der Waals surface area contributed by atoms with Crippen LogP contribution < -0.4 is 0 Å². The second-order valence-electron chi connectivity index (χ2n) is 6.86. The number of hydrogen-bond donors (Lipinski definition) is 0. The van der Waals surface area contributed by atoms with E-state index < -0.39 is 0 Å². The van der Waals surface area contributed by atoms with Gasteiger partial charge in [-0.3, -0.25) is 0 Å². The summed E-state index contributed by atoms with van der Waals surface area (Å²) in [5.74, 6) is 0. The molecule has 0 saturated heterocycles. The van der Waals surface area contributed by atoms with E-state index in [4.69, 9.17) is 0 Å². The van der Waals surface area contributed by atoms with Crippen LogP contribution in [0.2, 0.25) is 0 Å². The lowest BCUT2D eigenvalue weighted by molar-refractivity contribution is 0.591. The second kappa shape index (κ2) is 4.34. The zero-order chi connectivity index (χ0) is 14.5.